The predicted octanol–water partition coefficient (Wildman–Crippen LogP) is 5.06. The van der Waals surface area contributed by atoms with Gasteiger partial charge in [-0.05, 0) is 81.0 Å². The molecule has 2 aromatic carbocycles. The molecule has 14 nitrogen and oxygen atoms in total. The van der Waals surface area contributed by atoms with Crippen LogP contribution in [-0.4, -0.2) is 102 Å². The van der Waals surface area contributed by atoms with E-state index in [0.717, 1.165) is 80.6 Å². The highest BCUT2D eigenvalue weighted by atomic mass is 35.5. The Morgan fingerprint density at radius 2 is 1.84 bits per heavy atom. The standard InChI is InChI=1S/C40H44ClN9O5/c41-33-22-30(7-4-26(33)23-42)55-29-8-5-27(6-9-29)43-39(52)34-10-11-37(46-45-34)48-20-21-54-31(25-48)24-47-16-12-28(13-17-47)49-18-14-32-35(49)2-1-3-36(32)50-19-15-38(51)44-40(50)53/h1-4,7,10-11,14,18,22,27-29,31H,5-6,8-9,12-13,15-17,19-21,24-25H2,(H,43,52)(H,44,51,53)/t27?,29?,31-/m1/s1. The Morgan fingerprint density at radius 3 is 2.58 bits per heavy atom. The van der Waals surface area contributed by atoms with E-state index < -0.39 is 0 Å². The molecule has 4 amide bonds. The van der Waals surface area contributed by atoms with E-state index in [2.05, 4.69) is 59.6 Å². The first kappa shape index (κ1) is 36.7. The number of fused-ring (bicyclic) bond motifs is 1. The number of imide groups is 1. The molecule has 3 aliphatic heterocycles. The minimum Gasteiger partial charge on any atom is -0.490 e. The van der Waals surface area contributed by atoms with Crippen molar-refractivity contribution in [3.05, 3.63) is 77.1 Å². The Kier molecular flexibility index (Phi) is 10.8. The molecule has 2 aromatic heterocycles. The van der Waals surface area contributed by atoms with Gasteiger partial charge in [0, 0.05) is 75.4 Å². The maximum atomic E-state index is 13.1. The molecule has 1 atom stereocenters. The van der Waals surface area contributed by atoms with Gasteiger partial charge in [0.1, 0.15) is 11.8 Å². The number of nitrogens with zero attached hydrogens (tertiary/aromatic N) is 7. The second kappa shape index (κ2) is 16.2. The maximum absolute atomic E-state index is 13.1. The summed E-state index contributed by atoms with van der Waals surface area (Å²) in [6.45, 7) is 5.09. The van der Waals surface area contributed by atoms with Gasteiger partial charge in [-0.3, -0.25) is 19.8 Å². The summed E-state index contributed by atoms with van der Waals surface area (Å²) in [6, 6.07) is 18.9. The number of hydrogen-bond acceptors (Lipinski definition) is 10. The molecule has 0 spiro atoms. The maximum Gasteiger partial charge on any atom is 0.328 e. The molecule has 0 bridgehead atoms. The molecule has 55 heavy (non-hydrogen) atoms. The summed E-state index contributed by atoms with van der Waals surface area (Å²) in [4.78, 5) is 43.6. The van der Waals surface area contributed by atoms with Gasteiger partial charge in [-0.1, -0.05) is 17.7 Å². The third-order valence-corrected chi connectivity index (χ3v) is 11.5. The molecular weight excluding hydrogens is 722 g/mol. The number of aromatic nitrogens is 3. The van der Waals surface area contributed by atoms with E-state index in [1.165, 1.54) is 0 Å². The van der Waals surface area contributed by atoms with Gasteiger partial charge in [0.05, 0.1) is 40.6 Å². The number of morpholine rings is 1. The van der Waals surface area contributed by atoms with Crippen LogP contribution in [0.1, 0.15) is 67.0 Å². The third-order valence-electron chi connectivity index (χ3n) is 11.2. The summed E-state index contributed by atoms with van der Waals surface area (Å²) in [5.74, 6) is 0.910. The monoisotopic (exact) mass is 765 g/mol. The highest BCUT2D eigenvalue weighted by molar-refractivity contribution is 6.31. The number of halogens is 1. The van der Waals surface area contributed by atoms with Crippen molar-refractivity contribution < 1.29 is 23.9 Å². The number of carbonyl (C=O) groups excluding carboxylic acids is 3. The van der Waals surface area contributed by atoms with Gasteiger partial charge in [0.15, 0.2) is 11.5 Å². The normalized spacial score (nSPS) is 22.7. The number of nitriles is 1. The Morgan fingerprint density at radius 1 is 1.00 bits per heavy atom. The van der Waals surface area contributed by atoms with Crippen LogP contribution in [-0.2, 0) is 9.53 Å². The van der Waals surface area contributed by atoms with Crippen molar-refractivity contribution in [3.8, 4) is 11.8 Å². The lowest BCUT2D eigenvalue weighted by molar-refractivity contribution is -0.120. The number of amides is 4. The fourth-order valence-electron chi connectivity index (χ4n) is 8.28. The van der Waals surface area contributed by atoms with Gasteiger partial charge >= 0.3 is 6.03 Å². The van der Waals surface area contributed by atoms with Crippen molar-refractivity contribution in [1.29, 1.82) is 5.26 Å². The molecule has 2 N–H and O–H groups in total. The molecule has 0 radical (unpaired) electrons. The molecule has 15 heteroatoms. The molecule has 4 aliphatic rings. The van der Waals surface area contributed by atoms with Crippen LogP contribution in [0, 0.1) is 11.3 Å². The molecule has 0 unspecified atom stereocenters. The smallest absolute Gasteiger partial charge is 0.328 e. The Hall–Kier alpha value is -5.23. The van der Waals surface area contributed by atoms with Crippen LogP contribution >= 0.6 is 11.6 Å². The van der Waals surface area contributed by atoms with Crippen molar-refractivity contribution in [2.75, 3.05) is 55.7 Å². The van der Waals surface area contributed by atoms with Crippen molar-refractivity contribution >= 4 is 51.9 Å². The molecule has 5 heterocycles. The fraction of sp³-hybridized carbons (Fsp3) is 0.450. The summed E-state index contributed by atoms with van der Waals surface area (Å²) in [6.07, 6.45) is 7.63. The topological polar surface area (TPSA) is 158 Å². The minimum absolute atomic E-state index is 0.0216. The van der Waals surface area contributed by atoms with Crippen molar-refractivity contribution in [2.24, 2.45) is 0 Å². The lowest BCUT2D eigenvalue weighted by Gasteiger charge is -2.38. The summed E-state index contributed by atoms with van der Waals surface area (Å²) < 4.78 is 14.6. The van der Waals surface area contributed by atoms with Crippen molar-refractivity contribution in [3.63, 3.8) is 0 Å². The first-order valence-electron chi connectivity index (χ1n) is 19.1. The highest BCUT2D eigenvalue weighted by Crippen LogP contribution is 2.34. The van der Waals surface area contributed by atoms with E-state index >= 15 is 0 Å². The highest BCUT2D eigenvalue weighted by Gasteiger charge is 2.30. The Balaban J connectivity index is 0.791. The summed E-state index contributed by atoms with van der Waals surface area (Å²) in [5, 5.41) is 24.8. The number of ether oxygens (including phenoxy) is 2. The number of piperidine rings is 1. The third kappa shape index (κ3) is 8.24. The van der Waals surface area contributed by atoms with Crippen LogP contribution in [0.15, 0.2) is 60.8 Å². The van der Waals surface area contributed by atoms with E-state index in [1.54, 1.807) is 29.2 Å². The second-order valence-electron chi connectivity index (χ2n) is 14.8. The van der Waals surface area contributed by atoms with E-state index in [9.17, 15) is 14.4 Å². The average molecular weight is 766 g/mol. The number of nitrogens with one attached hydrogen (secondary N) is 2. The zero-order chi connectivity index (χ0) is 37.9. The van der Waals surface area contributed by atoms with E-state index in [4.69, 9.17) is 26.3 Å². The second-order valence-corrected chi connectivity index (χ2v) is 15.2. The fourth-order valence-corrected chi connectivity index (χ4v) is 8.49. The van der Waals surface area contributed by atoms with E-state index in [-0.39, 0.29) is 36.1 Å². The number of benzene rings is 2. The molecular formula is C40H44ClN9O5. The summed E-state index contributed by atoms with van der Waals surface area (Å²) >= 11 is 6.15. The minimum atomic E-state index is -0.369. The Bertz CT molecular complexity index is 2090. The van der Waals surface area contributed by atoms with Crippen LogP contribution in [0.5, 0.6) is 5.75 Å². The number of hydrogen-bond donors (Lipinski definition) is 2. The van der Waals surface area contributed by atoms with Crippen LogP contribution in [0.4, 0.5) is 16.3 Å². The SMILES string of the molecule is N#Cc1ccc(OC2CCC(NC(=O)c3ccc(N4CCO[C@H](CN5CCC(n6ccc7c(N8CCC(=O)NC8=O)cccc76)CC5)C4)nn3)CC2)cc1Cl. The van der Waals surface area contributed by atoms with Crippen LogP contribution < -0.4 is 25.2 Å². The summed E-state index contributed by atoms with van der Waals surface area (Å²) in [5.41, 5.74) is 2.64. The number of urea groups is 1. The van der Waals surface area contributed by atoms with Gasteiger partial charge in [-0.25, -0.2) is 4.79 Å². The molecule has 3 saturated heterocycles. The quantitative estimate of drug-likeness (QED) is 0.236. The first-order chi connectivity index (χ1) is 26.8. The molecule has 4 aromatic rings. The number of rotatable bonds is 9. The molecule has 1 aliphatic carbocycles. The number of anilines is 2. The van der Waals surface area contributed by atoms with Gasteiger partial charge in [-0.2, -0.15) is 5.26 Å². The Labute approximate surface area is 324 Å². The van der Waals surface area contributed by atoms with Crippen LogP contribution in [0.3, 0.4) is 0 Å². The molecule has 8 rings (SSSR count). The largest absolute Gasteiger partial charge is 0.490 e. The van der Waals surface area contributed by atoms with E-state index in [1.807, 2.05) is 18.2 Å². The lowest BCUT2D eigenvalue weighted by Crippen LogP contribution is -2.49. The first-order valence-corrected chi connectivity index (χ1v) is 19.5. The van der Waals surface area contributed by atoms with E-state index in [0.29, 0.717) is 60.7 Å². The van der Waals surface area contributed by atoms with Crippen molar-refractivity contribution in [2.45, 2.75) is 69.2 Å². The molecule has 286 valence electrons. The number of carbonyl (C=O) groups is 3. The van der Waals surface area contributed by atoms with Crippen LogP contribution in [0.25, 0.3) is 10.9 Å². The van der Waals surface area contributed by atoms with Gasteiger partial charge in [0.2, 0.25) is 5.91 Å². The van der Waals surface area contributed by atoms with Crippen molar-refractivity contribution in [1.82, 2.24) is 30.3 Å². The zero-order valence-corrected chi connectivity index (χ0v) is 31.3. The molecule has 1 saturated carbocycles. The molecule has 4 fully saturated rings. The summed E-state index contributed by atoms with van der Waals surface area (Å²) in [7, 11) is 0. The predicted molar refractivity (Wildman–Crippen MR) is 206 cm³/mol. The van der Waals surface area contributed by atoms with Gasteiger partial charge in [0.25, 0.3) is 5.91 Å². The zero-order valence-electron chi connectivity index (χ0n) is 30.5. The van der Waals surface area contributed by atoms with Gasteiger partial charge < -0.3 is 29.2 Å². The lowest BCUT2D eigenvalue weighted by atomic mass is 9.93. The van der Waals surface area contributed by atoms with Crippen LogP contribution in [0.2, 0.25) is 5.02 Å². The van der Waals surface area contributed by atoms with Gasteiger partial charge in [-0.15, -0.1) is 10.2 Å². The number of likely N-dealkylation sites (tertiary alicyclic amines) is 1. The average Bonchev–Trinajstić information content (AvgIpc) is 3.64.